The normalized spacial score (nSPS) is 15.7. The molecule has 0 N–H and O–H groups in total. The van der Waals surface area contributed by atoms with Crippen LogP contribution in [-0.4, -0.2) is 43.1 Å². The number of ether oxygens (including phenoxy) is 1. The smallest absolute Gasteiger partial charge is 0.263 e. The Morgan fingerprint density at radius 2 is 1.58 bits per heavy atom. The second-order valence-electron chi connectivity index (χ2n) is 6.87. The fourth-order valence-corrected chi connectivity index (χ4v) is 3.35. The third-order valence-corrected chi connectivity index (χ3v) is 4.64. The zero-order valence-corrected chi connectivity index (χ0v) is 15.5. The van der Waals surface area contributed by atoms with Gasteiger partial charge in [0.25, 0.3) is 5.91 Å². The quantitative estimate of drug-likeness (QED) is 0.840. The summed E-state index contributed by atoms with van der Waals surface area (Å²) >= 11 is 0. The van der Waals surface area contributed by atoms with Crippen LogP contribution in [0.1, 0.15) is 18.1 Å². The SMILES string of the molecule is Cc1cc(C)cc(O[C@H](C)C(=O)N2CCN(c3ccc(F)cc3)CC2)c1. The highest BCUT2D eigenvalue weighted by Crippen LogP contribution is 2.20. The molecule has 0 aliphatic carbocycles. The summed E-state index contributed by atoms with van der Waals surface area (Å²) in [5.74, 6) is 0.496. The van der Waals surface area contributed by atoms with Crippen LogP contribution in [-0.2, 0) is 4.79 Å². The van der Waals surface area contributed by atoms with Crippen molar-refractivity contribution in [1.29, 1.82) is 0 Å². The molecule has 26 heavy (non-hydrogen) atoms. The van der Waals surface area contributed by atoms with E-state index < -0.39 is 6.10 Å². The Morgan fingerprint density at radius 3 is 2.15 bits per heavy atom. The van der Waals surface area contributed by atoms with Crippen molar-refractivity contribution in [3.8, 4) is 5.75 Å². The molecule has 0 radical (unpaired) electrons. The average Bonchev–Trinajstić information content (AvgIpc) is 2.61. The molecule has 0 saturated carbocycles. The van der Waals surface area contributed by atoms with E-state index in [1.807, 2.05) is 30.9 Å². The predicted octanol–water partition coefficient (Wildman–Crippen LogP) is 3.56. The molecule has 0 unspecified atom stereocenters. The van der Waals surface area contributed by atoms with Gasteiger partial charge >= 0.3 is 0 Å². The van der Waals surface area contributed by atoms with Crippen molar-refractivity contribution < 1.29 is 13.9 Å². The highest BCUT2D eigenvalue weighted by Gasteiger charge is 2.26. The number of carbonyl (C=O) groups excluding carboxylic acids is 1. The lowest BCUT2D eigenvalue weighted by atomic mass is 10.1. The molecule has 1 saturated heterocycles. The molecule has 0 aromatic heterocycles. The molecule has 0 bridgehead atoms. The fraction of sp³-hybridized carbons (Fsp3) is 0.381. The number of nitrogens with zero attached hydrogens (tertiary/aromatic N) is 2. The van der Waals surface area contributed by atoms with Crippen molar-refractivity contribution in [2.45, 2.75) is 26.9 Å². The first-order chi connectivity index (χ1) is 12.4. The van der Waals surface area contributed by atoms with E-state index in [-0.39, 0.29) is 11.7 Å². The van der Waals surface area contributed by atoms with E-state index in [2.05, 4.69) is 11.0 Å². The number of amides is 1. The molecular weight excluding hydrogens is 331 g/mol. The third kappa shape index (κ3) is 4.34. The summed E-state index contributed by atoms with van der Waals surface area (Å²) in [7, 11) is 0. The number of piperazine rings is 1. The monoisotopic (exact) mass is 356 g/mol. The minimum atomic E-state index is -0.520. The molecule has 3 rings (SSSR count). The van der Waals surface area contributed by atoms with Crippen molar-refractivity contribution in [3.63, 3.8) is 0 Å². The van der Waals surface area contributed by atoms with Crippen LogP contribution in [0.5, 0.6) is 5.75 Å². The molecule has 138 valence electrons. The number of hydrogen-bond donors (Lipinski definition) is 0. The van der Waals surface area contributed by atoms with Gasteiger partial charge in [-0.05, 0) is 68.3 Å². The number of carbonyl (C=O) groups is 1. The van der Waals surface area contributed by atoms with Crippen LogP contribution in [0.25, 0.3) is 0 Å². The van der Waals surface area contributed by atoms with E-state index in [0.29, 0.717) is 13.1 Å². The van der Waals surface area contributed by atoms with E-state index in [1.54, 1.807) is 19.1 Å². The van der Waals surface area contributed by atoms with Crippen LogP contribution in [0.2, 0.25) is 0 Å². The van der Waals surface area contributed by atoms with Gasteiger partial charge in [0.15, 0.2) is 6.10 Å². The van der Waals surface area contributed by atoms with Crippen molar-refractivity contribution in [2.75, 3.05) is 31.1 Å². The summed E-state index contributed by atoms with van der Waals surface area (Å²) in [6.45, 7) is 8.56. The zero-order chi connectivity index (χ0) is 18.7. The molecule has 2 aromatic rings. The predicted molar refractivity (Wildman–Crippen MR) is 101 cm³/mol. The maximum absolute atomic E-state index is 13.1. The van der Waals surface area contributed by atoms with E-state index >= 15 is 0 Å². The summed E-state index contributed by atoms with van der Waals surface area (Å²) in [6, 6.07) is 12.5. The third-order valence-electron chi connectivity index (χ3n) is 4.64. The minimum absolute atomic E-state index is 0.00270. The van der Waals surface area contributed by atoms with Crippen molar-refractivity contribution >= 4 is 11.6 Å². The van der Waals surface area contributed by atoms with Crippen molar-refractivity contribution in [2.24, 2.45) is 0 Å². The molecule has 1 amide bonds. The Bertz CT molecular complexity index is 748. The number of aryl methyl sites for hydroxylation is 2. The average molecular weight is 356 g/mol. The number of halogens is 1. The molecule has 1 heterocycles. The van der Waals surface area contributed by atoms with E-state index in [9.17, 15) is 9.18 Å². The fourth-order valence-electron chi connectivity index (χ4n) is 3.35. The summed E-state index contributed by atoms with van der Waals surface area (Å²) in [4.78, 5) is 16.7. The first kappa shape index (κ1) is 18.2. The van der Waals surface area contributed by atoms with Crippen LogP contribution in [0.4, 0.5) is 10.1 Å². The Kier molecular flexibility index (Phi) is 5.45. The molecule has 2 aromatic carbocycles. The minimum Gasteiger partial charge on any atom is -0.481 e. The van der Waals surface area contributed by atoms with E-state index in [4.69, 9.17) is 4.74 Å². The second-order valence-corrected chi connectivity index (χ2v) is 6.87. The van der Waals surface area contributed by atoms with Crippen LogP contribution in [0.15, 0.2) is 42.5 Å². The van der Waals surface area contributed by atoms with Crippen molar-refractivity contribution in [3.05, 3.63) is 59.4 Å². The topological polar surface area (TPSA) is 32.8 Å². The molecule has 1 atom stereocenters. The zero-order valence-electron chi connectivity index (χ0n) is 15.5. The molecule has 0 spiro atoms. The Labute approximate surface area is 154 Å². The van der Waals surface area contributed by atoms with Crippen LogP contribution in [0.3, 0.4) is 0 Å². The van der Waals surface area contributed by atoms with Crippen LogP contribution < -0.4 is 9.64 Å². The van der Waals surface area contributed by atoms with Crippen LogP contribution >= 0.6 is 0 Å². The Morgan fingerprint density at radius 1 is 1.00 bits per heavy atom. The van der Waals surface area contributed by atoms with E-state index in [1.165, 1.54) is 12.1 Å². The van der Waals surface area contributed by atoms with Gasteiger partial charge < -0.3 is 14.5 Å². The first-order valence-electron chi connectivity index (χ1n) is 8.96. The van der Waals surface area contributed by atoms with E-state index in [0.717, 1.165) is 35.7 Å². The van der Waals surface area contributed by atoms with Crippen LogP contribution in [0, 0.1) is 19.7 Å². The number of anilines is 1. The lowest BCUT2D eigenvalue weighted by Gasteiger charge is -2.37. The second kappa shape index (κ2) is 7.77. The molecule has 1 aliphatic rings. The van der Waals surface area contributed by atoms with Gasteiger partial charge in [0.2, 0.25) is 0 Å². The molecular formula is C21H25FN2O2. The molecule has 1 fully saturated rings. The highest BCUT2D eigenvalue weighted by atomic mass is 19.1. The lowest BCUT2D eigenvalue weighted by Crippen LogP contribution is -2.52. The van der Waals surface area contributed by atoms with Gasteiger partial charge in [-0.15, -0.1) is 0 Å². The Balaban J connectivity index is 1.56. The van der Waals surface area contributed by atoms with Gasteiger partial charge in [0.1, 0.15) is 11.6 Å². The van der Waals surface area contributed by atoms with Gasteiger partial charge in [0.05, 0.1) is 0 Å². The number of rotatable bonds is 4. The highest BCUT2D eigenvalue weighted by molar-refractivity contribution is 5.81. The summed E-state index contributed by atoms with van der Waals surface area (Å²) in [6.07, 6.45) is -0.520. The molecule has 4 nitrogen and oxygen atoms in total. The standard InChI is InChI=1S/C21H25FN2O2/c1-15-12-16(2)14-20(13-15)26-17(3)21(25)24-10-8-23(9-11-24)19-6-4-18(22)5-7-19/h4-7,12-14,17H,8-11H2,1-3H3/t17-/m1/s1. The first-order valence-corrected chi connectivity index (χ1v) is 8.96. The molecule has 5 heteroatoms. The van der Waals surface area contributed by atoms with Gasteiger partial charge in [-0.3, -0.25) is 4.79 Å². The summed E-state index contributed by atoms with van der Waals surface area (Å²) in [5, 5.41) is 0. The van der Waals surface area contributed by atoms with Gasteiger partial charge in [-0.25, -0.2) is 4.39 Å². The molecule has 1 aliphatic heterocycles. The lowest BCUT2D eigenvalue weighted by molar-refractivity contribution is -0.138. The van der Waals surface area contributed by atoms with Gasteiger partial charge in [-0.1, -0.05) is 6.07 Å². The summed E-state index contributed by atoms with van der Waals surface area (Å²) < 4.78 is 18.9. The number of hydrogen-bond acceptors (Lipinski definition) is 3. The summed E-state index contributed by atoms with van der Waals surface area (Å²) in [5.41, 5.74) is 3.22. The number of benzene rings is 2. The van der Waals surface area contributed by atoms with Gasteiger partial charge in [0, 0.05) is 31.9 Å². The van der Waals surface area contributed by atoms with Gasteiger partial charge in [-0.2, -0.15) is 0 Å². The maximum atomic E-state index is 13.1. The van der Waals surface area contributed by atoms with Crippen molar-refractivity contribution in [1.82, 2.24) is 4.90 Å². The maximum Gasteiger partial charge on any atom is 0.263 e. The largest absolute Gasteiger partial charge is 0.481 e. The Hall–Kier alpha value is -2.56.